The molecule has 0 fully saturated rings. The van der Waals surface area contributed by atoms with Gasteiger partial charge in [0.2, 0.25) is 11.8 Å². The summed E-state index contributed by atoms with van der Waals surface area (Å²) in [5.41, 5.74) is 3.22. The molecule has 0 radical (unpaired) electrons. The lowest BCUT2D eigenvalue weighted by Gasteiger charge is -2.11. The second-order valence-corrected chi connectivity index (χ2v) is 9.15. The van der Waals surface area contributed by atoms with Crippen molar-refractivity contribution in [2.24, 2.45) is 0 Å². The van der Waals surface area contributed by atoms with Gasteiger partial charge in [0.15, 0.2) is 0 Å². The largest absolute Gasteiger partial charge is 0.489 e. The Balaban J connectivity index is 1.35. The van der Waals surface area contributed by atoms with E-state index in [2.05, 4.69) is 25.9 Å². The number of amides is 2. The Morgan fingerprint density at radius 2 is 1.64 bits per heavy atom. The highest BCUT2D eigenvalue weighted by atomic mass is 16.5. The fourth-order valence-corrected chi connectivity index (χ4v) is 3.75. The fourth-order valence-electron chi connectivity index (χ4n) is 3.75. The summed E-state index contributed by atoms with van der Waals surface area (Å²) in [5.74, 6) is 0.646. The quantitative estimate of drug-likeness (QED) is 0.185. The Kier molecular flexibility index (Phi) is 9.57. The van der Waals surface area contributed by atoms with Crippen LogP contribution in [0.25, 0.3) is 10.9 Å². The summed E-state index contributed by atoms with van der Waals surface area (Å²) in [6.45, 7) is 1.92. The van der Waals surface area contributed by atoms with E-state index >= 15 is 0 Å². The Bertz CT molecular complexity index is 1420. The van der Waals surface area contributed by atoms with Crippen molar-refractivity contribution >= 4 is 39.9 Å². The molecule has 0 atom stereocenters. The number of hydrogen-bond acceptors (Lipinski definition) is 7. The summed E-state index contributed by atoms with van der Waals surface area (Å²) in [6.07, 6.45) is 4.77. The predicted molar refractivity (Wildman–Crippen MR) is 154 cm³/mol. The average Bonchev–Trinajstić information content (AvgIpc) is 2.94. The number of carbonyl (C=O) groups excluding carboxylic acids is 2. The molecule has 0 bridgehead atoms. The van der Waals surface area contributed by atoms with Gasteiger partial charge in [-0.2, -0.15) is 0 Å². The Labute approximate surface area is 227 Å². The molecule has 2 amide bonds. The Morgan fingerprint density at radius 3 is 2.41 bits per heavy atom. The Morgan fingerprint density at radius 1 is 0.897 bits per heavy atom. The molecule has 200 valence electrons. The molecule has 0 unspecified atom stereocenters. The van der Waals surface area contributed by atoms with E-state index in [1.807, 2.05) is 73.6 Å². The molecule has 4 rings (SSSR count). The number of rotatable bonds is 12. The second-order valence-electron chi connectivity index (χ2n) is 9.15. The summed E-state index contributed by atoms with van der Waals surface area (Å²) in [6, 6.07) is 23.0. The summed E-state index contributed by atoms with van der Waals surface area (Å²) in [7, 11) is 3.95. The molecule has 0 spiro atoms. The topological polar surface area (TPSA) is 108 Å². The van der Waals surface area contributed by atoms with Crippen LogP contribution in [0.4, 0.5) is 17.2 Å². The number of anilines is 3. The third kappa shape index (κ3) is 8.65. The first-order valence-corrected chi connectivity index (χ1v) is 12.7. The van der Waals surface area contributed by atoms with Crippen LogP contribution in [0.3, 0.4) is 0 Å². The first kappa shape index (κ1) is 27.3. The normalized spacial score (nSPS) is 11.1. The van der Waals surface area contributed by atoms with Gasteiger partial charge in [0.25, 0.3) is 0 Å². The molecular weight excluding hydrogens is 492 g/mol. The molecule has 0 aliphatic rings. The van der Waals surface area contributed by atoms with E-state index in [1.54, 1.807) is 18.2 Å². The van der Waals surface area contributed by atoms with Crippen LogP contribution in [0.15, 0.2) is 91.3 Å². The van der Waals surface area contributed by atoms with Crippen molar-refractivity contribution in [3.8, 4) is 5.75 Å². The molecule has 0 aliphatic heterocycles. The van der Waals surface area contributed by atoms with Crippen molar-refractivity contribution in [1.82, 2.24) is 20.2 Å². The molecule has 3 N–H and O–H groups in total. The van der Waals surface area contributed by atoms with Gasteiger partial charge in [0.1, 0.15) is 24.5 Å². The molecular formula is C30H32N6O3. The van der Waals surface area contributed by atoms with E-state index in [0.29, 0.717) is 24.7 Å². The predicted octanol–water partition coefficient (Wildman–Crippen LogP) is 4.52. The fraction of sp³-hybridized carbons (Fsp3) is 0.200. The molecule has 9 heteroatoms. The summed E-state index contributed by atoms with van der Waals surface area (Å²) < 4.78 is 5.86. The van der Waals surface area contributed by atoms with E-state index in [-0.39, 0.29) is 5.91 Å². The van der Waals surface area contributed by atoms with Crippen LogP contribution >= 0.6 is 0 Å². The van der Waals surface area contributed by atoms with Crippen molar-refractivity contribution in [1.29, 1.82) is 0 Å². The molecule has 1 heterocycles. The standard InChI is InChI=1S/C30H32N6O3/c1-36(2)18-6-17-31-28(37)15-16-29(38)34-24-11-14-27-26(19-24)30(33-21-32-27)35-23-9-12-25(13-10-23)39-20-22-7-4-3-5-8-22/h3-5,7-16,19,21H,6,17-18,20H2,1-2H3,(H,31,37)(H,34,38)(H,32,33,35)/b16-15+. The number of ether oxygens (including phenoxy) is 1. The minimum atomic E-state index is -0.407. The van der Waals surface area contributed by atoms with Gasteiger partial charge in [-0.3, -0.25) is 9.59 Å². The van der Waals surface area contributed by atoms with Crippen molar-refractivity contribution in [2.45, 2.75) is 13.0 Å². The van der Waals surface area contributed by atoms with Gasteiger partial charge >= 0.3 is 0 Å². The van der Waals surface area contributed by atoms with Crippen molar-refractivity contribution < 1.29 is 14.3 Å². The lowest BCUT2D eigenvalue weighted by Crippen LogP contribution is -2.25. The van der Waals surface area contributed by atoms with Crippen LogP contribution in [0, 0.1) is 0 Å². The molecule has 9 nitrogen and oxygen atoms in total. The zero-order valence-electron chi connectivity index (χ0n) is 22.1. The molecule has 4 aromatic rings. The van der Waals surface area contributed by atoms with Crippen LogP contribution in [-0.4, -0.2) is 53.9 Å². The number of aromatic nitrogens is 2. The van der Waals surface area contributed by atoms with Crippen LogP contribution in [0.1, 0.15) is 12.0 Å². The Hall–Kier alpha value is -4.76. The van der Waals surface area contributed by atoms with Crippen molar-refractivity contribution in [3.63, 3.8) is 0 Å². The van der Waals surface area contributed by atoms with Crippen LogP contribution in [0.2, 0.25) is 0 Å². The van der Waals surface area contributed by atoms with Gasteiger partial charge < -0.3 is 25.6 Å². The van der Waals surface area contributed by atoms with Crippen LogP contribution < -0.4 is 20.7 Å². The van der Waals surface area contributed by atoms with E-state index < -0.39 is 5.91 Å². The smallest absolute Gasteiger partial charge is 0.248 e. The van der Waals surface area contributed by atoms with Gasteiger partial charge in [-0.05, 0) is 75.1 Å². The molecule has 1 aromatic heterocycles. The number of nitrogens with zero attached hydrogens (tertiary/aromatic N) is 3. The lowest BCUT2D eigenvalue weighted by molar-refractivity contribution is -0.117. The maximum Gasteiger partial charge on any atom is 0.248 e. The minimum absolute atomic E-state index is 0.307. The zero-order chi connectivity index (χ0) is 27.5. The lowest BCUT2D eigenvalue weighted by atomic mass is 10.2. The van der Waals surface area contributed by atoms with Crippen LogP contribution in [-0.2, 0) is 16.2 Å². The highest BCUT2D eigenvalue weighted by Crippen LogP contribution is 2.27. The molecule has 0 saturated heterocycles. The van der Waals surface area contributed by atoms with Gasteiger partial charge in [-0.15, -0.1) is 0 Å². The maximum absolute atomic E-state index is 12.4. The third-order valence-electron chi connectivity index (χ3n) is 5.74. The summed E-state index contributed by atoms with van der Waals surface area (Å²) in [5, 5.41) is 9.60. The number of benzene rings is 3. The van der Waals surface area contributed by atoms with E-state index in [1.165, 1.54) is 18.5 Å². The average molecular weight is 525 g/mol. The highest BCUT2D eigenvalue weighted by Gasteiger charge is 2.08. The van der Waals surface area contributed by atoms with Crippen LogP contribution in [0.5, 0.6) is 5.75 Å². The highest BCUT2D eigenvalue weighted by molar-refractivity contribution is 6.04. The van der Waals surface area contributed by atoms with Gasteiger partial charge in [0, 0.05) is 35.5 Å². The zero-order valence-corrected chi connectivity index (χ0v) is 22.1. The number of carbonyl (C=O) groups is 2. The van der Waals surface area contributed by atoms with E-state index in [4.69, 9.17) is 4.74 Å². The molecule has 39 heavy (non-hydrogen) atoms. The number of fused-ring (bicyclic) bond motifs is 1. The van der Waals surface area contributed by atoms with Crippen molar-refractivity contribution in [3.05, 3.63) is 96.8 Å². The van der Waals surface area contributed by atoms with Gasteiger partial charge in [0.05, 0.1) is 5.52 Å². The number of nitrogens with one attached hydrogen (secondary N) is 3. The monoisotopic (exact) mass is 524 g/mol. The molecule has 0 saturated carbocycles. The SMILES string of the molecule is CN(C)CCCNC(=O)/C=C/C(=O)Nc1ccc2ncnc(Nc3ccc(OCc4ccccc4)cc3)c2c1. The van der Waals surface area contributed by atoms with Gasteiger partial charge in [-0.1, -0.05) is 30.3 Å². The van der Waals surface area contributed by atoms with Crippen molar-refractivity contribution in [2.75, 3.05) is 37.8 Å². The first-order chi connectivity index (χ1) is 19.0. The van der Waals surface area contributed by atoms with Gasteiger partial charge in [-0.25, -0.2) is 9.97 Å². The molecule has 3 aromatic carbocycles. The first-order valence-electron chi connectivity index (χ1n) is 12.7. The second kappa shape index (κ2) is 13.7. The summed E-state index contributed by atoms with van der Waals surface area (Å²) >= 11 is 0. The minimum Gasteiger partial charge on any atom is -0.489 e. The van der Waals surface area contributed by atoms with E-state index in [9.17, 15) is 9.59 Å². The summed E-state index contributed by atoms with van der Waals surface area (Å²) in [4.78, 5) is 35.1. The number of hydrogen-bond donors (Lipinski definition) is 3. The third-order valence-corrected chi connectivity index (χ3v) is 5.74. The van der Waals surface area contributed by atoms with E-state index in [0.717, 1.165) is 40.9 Å². The molecule has 0 aliphatic carbocycles. The maximum atomic E-state index is 12.4.